The van der Waals surface area contributed by atoms with Crippen LogP contribution in [0.1, 0.15) is 5.56 Å². The Balaban J connectivity index is 1.50. The molecule has 3 heterocycles. The minimum atomic E-state index is -3.67. The number of nitrogens with zero attached hydrogens (tertiary/aromatic N) is 6. The summed E-state index contributed by atoms with van der Waals surface area (Å²) in [5, 5.41) is 4.16. The van der Waals surface area contributed by atoms with Crippen molar-refractivity contribution in [2.24, 2.45) is 0 Å². The van der Waals surface area contributed by atoms with Gasteiger partial charge in [-0.3, -0.25) is 0 Å². The van der Waals surface area contributed by atoms with E-state index in [1.54, 1.807) is 24.0 Å². The first kappa shape index (κ1) is 18.5. The fourth-order valence-electron chi connectivity index (χ4n) is 3.24. The van der Waals surface area contributed by atoms with Crippen molar-refractivity contribution in [3.05, 3.63) is 60.4 Å². The molecule has 0 spiro atoms. The van der Waals surface area contributed by atoms with E-state index >= 15 is 0 Å². The van der Waals surface area contributed by atoms with Crippen molar-refractivity contribution in [3.63, 3.8) is 0 Å². The maximum Gasteiger partial charge on any atom is 0.243 e. The first-order valence-electron chi connectivity index (χ1n) is 8.78. The molecule has 4 rings (SSSR count). The molecule has 1 fully saturated rings. The Kier molecular flexibility index (Phi) is 4.82. The zero-order valence-corrected chi connectivity index (χ0v) is 16.0. The summed E-state index contributed by atoms with van der Waals surface area (Å²) in [5.74, 6) is 0.917. The lowest BCUT2D eigenvalue weighted by molar-refractivity contribution is 0.383. The number of aryl methyl sites for hydroxylation is 1. The van der Waals surface area contributed by atoms with Crippen LogP contribution in [0.3, 0.4) is 0 Å². The van der Waals surface area contributed by atoms with E-state index in [9.17, 15) is 12.8 Å². The van der Waals surface area contributed by atoms with E-state index in [-0.39, 0.29) is 4.90 Å². The Bertz CT molecular complexity index is 1080. The van der Waals surface area contributed by atoms with Gasteiger partial charge in [0.1, 0.15) is 18.0 Å². The molecule has 0 aliphatic carbocycles. The zero-order valence-electron chi connectivity index (χ0n) is 15.2. The Labute approximate surface area is 162 Å². The first-order valence-corrected chi connectivity index (χ1v) is 10.2. The molecule has 0 bridgehead atoms. The predicted molar refractivity (Wildman–Crippen MR) is 101 cm³/mol. The summed E-state index contributed by atoms with van der Waals surface area (Å²) >= 11 is 0. The van der Waals surface area contributed by atoms with E-state index < -0.39 is 15.8 Å². The SMILES string of the molecule is Cc1cc(F)ccc1S(=O)(=O)N1CCN(c2cc(-n3cccn3)ncn2)CC1. The fourth-order valence-corrected chi connectivity index (χ4v) is 4.87. The highest BCUT2D eigenvalue weighted by Gasteiger charge is 2.30. The summed E-state index contributed by atoms with van der Waals surface area (Å²) in [5.41, 5.74) is 0.405. The van der Waals surface area contributed by atoms with Crippen LogP contribution >= 0.6 is 0 Å². The van der Waals surface area contributed by atoms with Gasteiger partial charge in [0.05, 0.1) is 4.90 Å². The van der Waals surface area contributed by atoms with Crippen molar-refractivity contribution in [3.8, 4) is 5.82 Å². The third kappa shape index (κ3) is 3.48. The highest BCUT2D eigenvalue weighted by atomic mass is 32.2. The van der Waals surface area contributed by atoms with Crippen molar-refractivity contribution < 1.29 is 12.8 Å². The van der Waals surface area contributed by atoms with Gasteiger partial charge >= 0.3 is 0 Å². The Morgan fingerprint density at radius 1 is 1.04 bits per heavy atom. The highest BCUT2D eigenvalue weighted by Crippen LogP contribution is 2.23. The lowest BCUT2D eigenvalue weighted by Crippen LogP contribution is -2.49. The van der Waals surface area contributed by atoms with E-state index in [0.29, 0.717) is 37.6 Å². The van der Waals surface area contributed by atoms with Gasteiger partial charge in [0.15, 0.2) is 5.82 Å². The highest BCUT2D eigenvalue weighted by molar-refractivity contribution is 7.89. The van der Waals surface area contributed by atoms with Gasteiger partial charge < -0.3 is 4.90 Å². The van der Waals surface area contributed by atoms with Gasteiger partial charge in [-0.25, -0.2) is 27.5 Å². The average molecular weight is 402 g/mol. The number of benzene rings is 1. The molecule has 8 nitrogen and oxygen atoms in total. The van der Waals surface area contributed by atoms with E-state index in [4.69, 9.17) is 0 Å². The molecule has 0 radical (unpaired) electrons. The predicted octanol–water partition coefficient (Wildman–Crippen LogP) is 1.62. The number of hydrogen-bond acceptors (Lipinski definition) is 6. The molecule has 10 heteroatoms. The first-order chi connectivity index (χ1) is 13.4. The molecule has 0 atom stereocenters. The standard InChI is InChI=1S/C18H19FN6O2S/c1-14-11-15(19)3-4-16(14)28(26,27)24-9-7-23(8-10-24)17-12-18(21-13-20-17)25-6-2-5-22-25/h2-6,11-13H,7-10H2,1H3. The van der Waals surface area contributed by atoms with Gasteiger partial charge in [-0.05, 0) is 36.8 Å². The molecule has 28 heavy (non-hydrogen) atoms. The normalized spacial score (nSPS) is 15.7. The second kappa shape index (κ2) is 7.28. The molecule has 0 unspecified atom stereocenters. The van der Waals surface area contributed by atoms with Crippen LogP contribution in [-0.4, -0.2) is 58.7 Å². The lowest BCUT2D eigenvalue weighted by Gasteiger charge is -2.34. The van der Waals surface area contributed by atoms with Gasteiger partial charge in [0.25, 0.3) is 0 Å². The largest absolute Gasteiger partial charge is 0.354 e. The Morgan fingerprint density at radius 2 is 1.79 bits per heavy atom. The van der Waals surface area contributed by atoms with E-state index in [1.807, 2.05) is 17.0 Å². The number of aromatic nitrogens is 4. The molecular weight excluding hydrogens is 383 g/mol. The maximum atomic E-state index is 13.3. The number of rotatable bonds is 4. The van der Waals surface area contributed by atoms with Gasteiger partial charge in [-0.15, -0.1) is 0 Å². The van der Waals surface area contributed by atoms with E-state index in [0.717, 1.165) is 5.82 Å². The van der Waals surface area contributed by atoms with E-state index in [2.05, 4.69) is 15.1 Å². The average Bonchev–Trinajstić information content (AvgIpc) is 3.23. The number of halogens is 1. The second-order valence-corrected chi connectivity index (χ2v) is 8.39. The number of sulfonamides is 1. The molecular formula is C18H19FN6O2S. The molecule has 1 aliphatic heterocycles. The van der Waals surface area contributed by atoms with Crippen LogP contribution in [0.15, 0.2) is 53.9 Å². The van der Waals surface area contributed by atoms with Gasteiger partial charge in [-0.2, -0.15) is 9.40 Å². The minimum Gasteiger partial charge on any atom is -0.354 e. The van der Waals surface area contributed by atoms with Crippen LogP contribution < -0.4 is 4.90 Å². The molecule has 146 valence electrons. The number of piperazine rings is 1. The summed E-state index contributed by atoms with van der Waals surface area (Å²) < 4.78 is 42.2. The smallest absolute Gasteiger partial charge is 0.243 e. The van der Waals surface area contributed by atoms with Crippen molar-refractivity contribution in [1.29, 1.82) is 0 Å². The summed E-state index contributed by atoms with van der Waals surface area (Å²) in [6.45, 7) is 3.23. The second-order valence-electron chi connectivity index (χ2n) is 6.49. The van der Waals surface area contributed by atoms with Crippen molar-refractivity contribution in [1.82, 2.24) is 24.1 Å². The minimum absolute atomic E-state index is 0.144. The molecule has 2 aromatic heterocycles. The Morgan fingerprint density at radius 3 is 2.46 bits per heavy atom. The van der Waals surface area contributed by atoms with Gasteiger partial charge in [0, 0.05) is 44.6 Å². The number of hydrogen-bond donors (Lipinski definition) is 0. The molecule has 3 aromatic rings. The third-order valence-corrected chi connectivity index (χ3v) is 6.75. The quantitative estimate of drug-likeness (QED) is 0.659. The summed E-state index contributed by atoms with van der Waals surface area (Å²) in [4.78, 5) is 10.7. The molecule has 0 amide bonds. The molecule has 1 aliphatic rings. The van der Waals surface area contributed by atoms with Crippen LogP contribution in [0.2, 0.25) is 0 Å². The maximum absolute atomic E-state index is 13.3. The van der Waals surface area contributed by atoms with Gasteiger partial charge in [-0.1, -0.05) is 0 Å². The van der Waals surface area contributed by atoms with Crippen molar-refractivity contribution in [2.45, 2.75) is 11.8 Å². The summed E-state index contributed by atoms with van der Waals surface area (Å²) in [6.07, 6.45) is 4.93. The van der Waals surface area contributed by atoms with Crippen LogP contribution in [0.4, 0.5) is 10.2 Å². The van der Waals surface area contributed by atoms with Crippen molar-refractivity contribution >= 4 is 15.8 Å². The van der Waals surface area contributed by atoms with Crippen LogP contribution in [-0.2, 0) is 10.0 Å². The third-order valence-electron chi connectivity index (χ3n) is 4.69. The lowest BCUT2D eigenvalue weighted by atomic mass is 10.2. The number of anilines is 1. The molecule has 0 N–H and O–H groups in total. The molecule has 1 saturated heterocycles. The monoisotopic (exact) mass is 402 g/mol. The molecule has 1 aromatic carbocycles. The van der Waals surface area contributed by atoms with Crippen LogP contribution in [0.25, 0.3) is 5.82 Å². The van der Waals surface area contributed by atoms with E-state index in [1.165, 1.54) is 28.8 Å². The summed E-state index contributed by atoms with van der Waals surface area (Å²) in [7, 11) is -3.67. The Hall–Kier alpha value is -2.85. The van der Waals surface area contributed by atoms with Crippen LogP contribution in [0, 0.1) is 12.7 Å². The summed E-state index contributed by atoms with van der Waals surface area (Å²) in [6, 6.07) is 7.37. The molecule has 0 saturated carbocycles. The zero-order chi connectivity index (χ0) is 19.7. The van der Waals surface area contributed by atoms with Crippen LogP contribution in [0.5, 0.6) is 0 Å². The fraction of sp³-hybridized carbons (Fsp3) is 0.278. The van der Waals surface area contributed by atoms with Gasteiger partial charge in [0.2, 0.25) is 10.0 Å². The topological polar surface area (TPSA) is 84.2 Å². The van der Waals surface area contributed by atoms with Crippen molar-refractivity contribution in [2.75, 3.05) is 31.1 Å².